The van der Waals surface area contributed by atoms with Crippen LogP contribution in [0.15, 0.2) is 12.3 Å². The minimum atomic E-state index is -0.690. The predicted octanol–water partition coefficient (Wildman–Crippen LogP) is 2.93. The Balaban J connectivity index is 1.25. The largest absolute Gasteiger partial charge is 0.474 e. The van der Waals surface area contributed by atoms with Gasteiger partial charge in [0.1, 0.15) is 30.1 Å². The van der Waals surface area contributed by atoms with E-state index in [1.54, 1.807) is 4.68 Å². The molecule has 7 nitrogen and oxygen atoms in total. The molecule has 8 atom stereocenters. The van der Waals surface area contributed by atoms with Gasteiger partial charge in [0, 0.05) is 34.3 Å². The molecule has 0 aromatic carbocycles. The molecule has 1 aromatic rings. The first-order chi connectivity index (χ1) is 20.1. The summed E-state index contributed by atoms with van der Waals surface area (Å²) < 4.78 is 17.9. The standard InChI is InChI=1S/C31H53B3N2O5S2/c1-4-15-39-16-17-40-18-19-41-24-6-14-36(35-24)20-23(37)22-5-7-28(32)26(22,3)9-11-30(34)29(28,33)12-10-27(42)21-25(2,38)8-13-31(27,30)43/h6,14,22,38,42-43H,4-5,7-13,15-21,32-34H2,1-3H3/t22?,25-,26?,27?,28+,29?,30-,31?/m1/s1. The van der Waals surface area contributed by atoms with Crippen LogP contribution in [0.5, 0.6) is 5.88 Å². The second-order valence-electron chi connectivity index (χ2n) is 15.5. The lowest BCUT2D eigenvalue weighted by Crippen LogP contribution is -2.70. The van der Waals surface area contributed by atoms with Crippen molar-refractivity contribution < 1.29 is 24.1 Å². The number of carbonyl (C=O) groups is 1. The van der Waals surface area contributed by atoms with Gasteiger partial charge in [0.05, 0.1) is 32.0 Å². The maximum absolute atomic E-state index is 14.0. The Bertz CT molecular complexity index is 1190. The molecule has 1 aromatic heterocycles. The van der Waals surface area contributed by atoms with E-state index in [1.807, 2.05) is 19.2 Å². The maximum atomic E-state index is 14.0. The van der Waals surface area contributed by atoms with Crippen molar-refractivity contribution in [2.24, 2.45) is 11.3 Å². The highest BCUT2D eigenvalue weighted by Gasteiger charge is 2.77. The molecule has 4 fully saturated rings. The number of aromatic nitrogens is 2. The molecular formula is C31H53B3N2O5S2. The van der Waals surface area contributed by atoms with E-state index in [-0.39, 0.29) is 49.1 Å². The fraction of sp³-hybridized carbons (Fsp3) is 0.871. The Labute approximate surface area is 272 Å². The van der Waals surface area contributed by atoms with E-state index in [0.29, 0.717) is 38.7 Å². The van der Waals surface area contributed by atoms with Gasteiger partial charge in [0.25, 0.3) is 0 Å². The molecule has 0 saturated heterocycles. The first kappa shape index (κ1) is 33.8. The van der Waals surface area contributed by atoms with Gasteiger partial charge in [-0.3, -0.25) is 9.48 Å². The van der Waals surface area contributed by atoms with E-state index < -0.39 is 5.60 Å². The van der Waals surface area contributed by atoms with E-state index in [0.717, 1.165) is 64.4 Å². The van der Waals surface area contributed by atoms with E-state index in [2.05, 4.69) is 42.5 Å². The summed E-state index contributed by atoms with van der Waals surface area (Å²) in [6.07, 6.45) is 11.2. The highest BCUT2D eigenvalue weighted by molar-refractivity contribution is 7.86. The fourth-order valence-corrected chi connectivity index (χ4v) is 11.9. The Hall–Kier alpha value is -0.545. The number of Topliss-reactive ketones (excluding diaryl/α,β-unsaturated/α-hetero) is 1. The van der Waals surface area contributed by atoms with Crippen molar-refractivity contribution in [1.82, 2.24) is 9.78 Å². The molecule has 4 aliphatic carbocycles. The minimum absolute atomic E-state index is 0.00131. The second-order valence-corrected chi connectivity index (χ2v) is 17.1. The lowest BCUT2D eigenvalue weighted by Gasteiger charge is -2.77. The summed E-state index contributed by atoms with van der Waals surface area (Å²) in [7, 11) is 7.46. The van der Waals surface area contributed by atoms with Gasteiger partial charge in [-0.05, 0) is 62.6 Å². The number of rotatable bonds is 12. The van der Waals surface area contributed by atoms with Crippen molar-refractivity contribution in [3.05, 3.63) is 12.3 Å². The summed E-state index contributed by atoms with van der Waals surface area (Å²) in [5.74, 6) is 0.795. The van der Waals surface area contributed by atoms with Crippen molar-refractivity contribution in [3.8, 4) is 5.88 Å². The monoisotopic (exact) mass is 630 g/mol. The third-order valence-electron chi connectivity index (χ3n) is 13.5. The van der Waals surface area contributed by atoms with Gasteiger partial charge in [0.15, 0.2) is 5.78 Å². The van der Waals surface area contributed by atoms with Crippen molar-refractivity contribution >= 4 is 54.6 Å². The minimum Gasteiger partial charge on any atom is -0.474 e. The molecule has 43 heavy (non-hydrogen) atoms. The summed E-state index contributed by atoms with van der Waals surface area (Å²) in [5, 5.41) is 15.6. The molecule has 5 unspecified atom stereocenters. The Morgan fingerprint density at radius 2 is 1.63 bits per heavy atom. The third kappa shape index (κ3) is 5.29. The number of fused-ring (bicyclic) bond motifs is 5. The molecule has 1 heterocycles. The van der Waals surface area contributed by atoms with Gasteiger partial charge < -0.3 is 19.3 Å². The molecule has 5 rings (SSSR count). The van der Waals surface area contributed by atoms with Crippen LogP contribution >= 0.6 is 25.3 Å². The molecule has 0 radical (unpaired) electrons. The van der Waals surface area contributed by atoms with Gasteiger partial charge in [-0.2, -0.15) is 25.3 Å². The lowest BCUT2D eigenvalue weighted by atomic mass is 9.19. The number of carbonyl (C=O) groups excluding carboxylic acids is 1. The van der Waals surface area contributed by atoms with Gasteiger partial charge in [0.2, 0.25) is 5.88 Å². The number of hydrogen-bond acceptors (Lipinski definition) is 8. The summed E-state index contributed by atoms with van der Waals surface area (Å²) in [5.41, 5.74) is -0.783. The van der Waals surface area contributed by atoms with E-state index >= 15 is 0 Å². The summed E-state index contributed by atoms with van der Waals surface area (Å²) in [6, 6.07) is 1.82. The summed E-state index contributed by atoms with van der Waals surface area (Å²) >= 11 is 10.9. The summed E-state index contributed by atoms with van der Waals surface area (Å²) in [6.45, 7) is 9.51. The quantitative estimate of drug-likeness (QED) is 0.187. The van der Waals surface area contributed by atoms with Crippen LogP contribution in [-0.4, -0.2) is 92.3 Å². The fourth-order valence-electron chi connectivity index (χ4n) is 10.4. The second kappa shape index (κ2) is 11.9. The predicted molar refractivity (Wildman–Crippen MR) is 186 cm³/mol. The molecular weight excluding hydrogens is 577 g/mol. The van der Waals surface area contributed by atoms with Crippen molar-refractivity contribution in [3.63, 3.8) is 0 Å². The SMILES string of the molecule is BC12CCC3(S)C[C@](C)(O)CCC3(S)[C@@]1(B)CCC1(C)C(C(=O)Cn3ccc(OCCOCCOCCC)n3)CC[C@]12B. The van der Waals surface area contributed by atoms with Crippen LogP contribution in [0.3, 0.4) is 0 Å². The van der Waals surface area contributed by atoms with Crippen LogP contribution in [0.2, 0.25) is 15.9 Å². The zero-order valence-electron chi connectivity index (χ0n) is 27.4. The van der Waals surface area contributed by atoms with Crippen LogP contribution < -0.4 is 4.74 Å². The number of hydrogen-bond donors (Lipinski definition) is 3. The number of aliphatic hydroxyl groups is 1. The Kier molecular flexibility index (Phi) is 9.37. The zero-order valence-corrected chi connectivity index (χ0v) is 29.2. The molecule has 4 aliphatic rings. The van der Waals surface area contributed by atoms with Crippen LogP contribution in [-0.2, 0) is 20.8 Å². The van der Waals surface area contributed by atoms with E-state index in [4.69, 9.17) is 39.5 Å². The van der Waals surface area contributed by atoms with Crippen LogP contribution in [0.4, 0.5) is 0 Å². The normalized spacial score (nSPS) is 43.9. The first-order valence-electron chi connectivity index (χ1n) is 16.6. The van der Waals surface area contributed by atoms with Gasteiger partial charge in [-0.15, -0.1) is 5.10 Å². The van der Waals surface area contributed by atoms with Crippen LogP contribution in [0.25, 0.3) is 0 Å². The molecule has 12 heteroatoms. The number of ketones is 1. The summed E-state index contributed by atoms with van der Waals surface area (Å²) in [4.78, 5) is 14.0. The van der Waals surface area contributed by atoms with Crippen LogP contribution in [0.1, 0.15) is 85.0 Å². The zero-order chi connectivity index (χ0) is 31.4. The molecule has 0 spiro atoms. The lowest BCUT2D eigenvalue weighted by molar-refractivity contribution is -0.129. The van der Waals surface area contributed by atoms with Gasteiger partial charge >= 0.3 is 0 Å². The molecule has 0 aliphatic heterocycles. The third-order valence-corrected chi connectivity index (χ3v) is 15.6. The Morgan fingerprint density at radius 1 is 0.953 bits per heavy atom. The topological polar surface area (TPSA) is 82.8 Å². The average molecular weight is 630 g/mol. The van der Waals surface area contributed by atoms with E-state index in [1.165, 1.54) is 0 Å². The van der Waals surface area contributed by atoms with Crippen molar-refractivity contribution in [1.29, 1.82) is 0 Å². The van der Waals surface area contributed by atoms with Crippen LogP contribution in [0, 0.1) is 11.3 Å². The smallest absolute Gasteiger partial charge is 0.232 e. The number of nitrogens with zero attached hydrogens (tertiary/aromatic N) is 2. The van der Waals surface area contributed by atoms with Gasteiger partial charge in [-0.25, -0.2) is 0 Å². The maximum Gasteiger partial charge on any atom is 0.232 e. The molecule has 4 saturated carbocycles. The molecule has 0 bridgehead atoms. The first-order valence-corrected chi connectivity index (χ1v) is 17.5. The van der Waals surface area contributed by atoms with E-state index in [9.17, 15) is 9.90 Å². The number of ether oxygens (including phenoxy) is 3. The van der Waals surface area contributed by atoms with Crippen molar-refractivity contribution in [2.75, 3.05) is 33.0 Å². The molecule has 0 amide bonds. The van der Waals surface area contributed by atoms with Crippen molar-refractivity contribution in [2.45, 2.75) is 123 Å². The highest BCUT2D eigenvalue weighted by Crippen LogP contribution is 2.88. The average Bonchev–Trinajstić information content (AvgIpc) is 3.50. The molecule has 1 N–H and O–H groups in total. The molecule has 238 valence electrons. The highest BCUT2D eigenvalue weighted by atomic mass is 32.1. The van der Waals surface area contributed by atoms with Gasteiger partial charge in [-0.1, -0.05) is 43.7 Å². The Morgan fingerprint density at radius 3 is 2.35 bits per heavy atom. The number of thiol groups is 2.